The Bertz CT molecular complexity index is 691. The Labute approximate surface area is 125 Å². The molecule has 0 saturated heterocycles. The highest BCUT2D eigenvalue weighted by atomic mass is 32.2. The third-order valence-corrected chi connectivity index (χ3v) is 4.37. The fourth-order valence-corrected chi connectivity index (χ4v) is 2.57. The zero-order valence-corrected chi connectivity index (χ0v) is 12.9. The molecular formula is C16H19NO3S. The minimum Gasteiger partial charge on any atom is -0.387 e. The number of aryl methyl sites for hydroxylation is 1. The first-order valence-corrected chi connectivity index (χ1v) is 8.54. The largest absolute Gasteiger partial charge is 0.387 e. The Morgan fingerprint density at radius 3 is 2.14 bits per heavy atom. The first-order chi connectivity index (χ1) is 9.86. The van der Waals surface area contributed by atoms with Gasteiger partial charge in [0.2, 0.25) is 0 Å². The molecule has 5 heteroatoms. The van der Waals surface area contributed by atoms with Crippen LogP contribution >= 0.6 is 0 Å². The maximum atomic E-state index is 11.4. The van der Waals surface area contributed by atoms with Crippen LogP contribution in [0.2, 0.25) is 0 Å². The van der Waals surface area contributed by atoms with Crippen LogP contribution in [0.4, 0.5) is 5.69 Å². The molecular weight excluding hydrogens is 286 g/mol. The van der Waals surface area contributed by atoms with Gasteiger partial charge in [0, 0.05) is 18.5 Å². The van der Waals surface area contributed by atoms with E-state index in [0.717, 1.165) is 11.9 Å². The van der Waals surface area contributed by atoms with Crippen LogP contribution in [0.1, 0.15) is 17.2 Å². The number of aliphatic hydroxyl groups excluding tert-OH is 1. The van der Waals surface area contributed by atoms with Crippen molar-refractivity contribution >= 4 is 15.5 Å². The molecule has 2 aromatic rings. The van der Waals surface area contributed by atoms with Gasteiger partial charge in [-0.25, -0.2) is 8.42 Å². The minimum atomic E-state index is -3.20. The van der Waals surface area contributed by atoms with Crippen LogP contribution in [0.25, 0.3) is 0 Å². The topological polar surface area (TPSA) is 66.4 Å². The highest BCUT2D eigenvalue weighted by molar-refractivity contribution is 7.90. The monoisotopic (exact) mass is 305 g/mol. The maximum absolute atomic E-state index is 11.4. The predicted molar refractivity (Wildman–Crippen MR) is 84.2 cm³/mol. The van der Waals surface area contributed by atoms with Gasteiger partial charge < -0.3 is 10.4 Å². The molecule has 0 radical (unpaired) electrons. The number of sulfone groups is 1. The fraction of sp³-hybridized carbons (Fsp3) is 0.250. The molecule has 0 aliphatic carbocycles. The summed E-state index contributed by atoms with van der Waals surface area (Å²) in [4.78, 5) is 0.255. The normalized spacial score (nSPS) is 12.9. The second-order valence-corrected chi connectivity index (χ2v) is 7.12. The molecule has 2 rings (SSSR count). The number of hydrogen-bond acceptors (Lipinski definition) is 4. The van der Waals surface area contributed by atoms with Crippen molar-refractivity contribution in [2.24, 2.45) is 0 Å². The standard InChI is InChI=1S/C16H19NO3S/c1-12-3-7-14(8-4-12)17-11-16(18)13-5-9-15(10-6-13)21(2,19)20/h3-10,16-18H,11H2,1-2H3/t16-/m0/s1. The summed E-state index contributed by atoms with van der Waals surface area (Å²) >= 11 is 0. The number of hydrogen-bond donors (Lipinski definition) is 2. The lowest BCUT2D eigenvalue weighted by Crippen LogP contribution is -2.12. The Hall–Kier alpha value is -1.85. The predicted octanol–water partition coefficient (Wildman–Crippen LogP) is 2.54. The lowest BCUT2D eigenvalue weighted by atomic mass is 10.1. The number of aliphatic hydroxyl groups is 1. The van der Waals surface area contributed by atoms with E-state index < -0.39 is 15.9 Å². The molecule has 0 amide bonds. The van der Waals surface area contributed by atoms with E-state index in [2.05, 4.69) is 5.32 Å². The van der Waals surface area contributed by atoms with Gasteiger partial charge >= 0.3 is 0 Å². The third-order valence-electron chi connectivity index (χ3n) is 3.24. The molecule has 2 aromatic carbocycles. The van der Waals surface area contributed by atoms with Crippen molar-refractivity contribution in [1.82, 2.24) is 0 Å². The Morgan fingerprint density at radius 2 is 1.62 bits per heavy atom. The fourth-order valence-electron chi connectivity index (χ4n) is 1.94. The van der Waals surface area contributed by atoms with E-state index in [1.807, 2.05) is 31.2 Å². The van der Waals surface area contributed by atoms with Crippen molar-refractivity contribution in [2.45, 2.75) is 17.9 Å². The van der Waals surface area contributed by atoms with Gasteiger partial charge in [-0.05, 0) is 36.8 Å². The Morgan fingerprint density at radius 1 is 1.05 bits per heavy atom. The van der Waals surface area contributed by atoms with E-state index in [4.69, 9.17) is 0 Å². The van der Waals surface area contributed by atoms with Gasteiger partial charge in [-0.1, -0.05) is 29.8 Å². The van der Waals surface area contributed by atoms with Crippen molar-refractivity contribution in [3.63, 3.8) is 0 Å². The number of rotatable bonds is 5. The summed E-state index contributed by atoms with van der Waals surface area (Å²) in [6.07, 6.45) is 0.470. The molecule has 0 aliphatic heterocycles. The van der Waals surface area contributed by atoms with Crippen molar-refractivity contribution < 1.29 is 13.5 Å². The molecule has 0 spiro atoms. The molecule has 0 unspecified atom stereocenters. The lowest BCUT2D eigenvalue weighted by molar-refractivity contribution is 0.191. The van der Waals surface area contributed by atoms with Crippen LogP contribution in [0, 0.1) is 6.92 Å². The first-order valence-electron chi connectivity index (χ1n) is 6.65. The Balaban J connectivity index is 2.00. The summed E-state index contributed by atoms with van der Waals surface area (Å²) in [5.41, 5.74) is 2.80. The van der Waals surface area contributed by atoms with E-state index in [1.54, 1.807) is 12.1 Å². The first kappa shape index (κ1) is 15.5. The van der Waals surface area contributed by atoms with Crippen LogP contribution in [0.15, 0.2) is 53.4 Å². The molecule has 0 aromatic heterocycles. The molecule has 0 saturated carbocycles. The number of anilines is 1. The van der Waals surface area contributed by atoms with Gasteiger partial charge in [-0.15, -0.1) is 0 Å². The quantitative estimate of drug-likeness (QED) is 0.891. The van der Waals surface area contributed by atoms with Gasteiger partial charge in [0.1, 0.15) is 0 Å². The van der Waals surface area contributed by atoms with Crippen LogP contribution < -0.4 is 5.32 Å². The third kappa shape index (κ3) is 4.31. The average Bonchev–Trinajstić information content (AvgIpc) is 2.45. The summed E-state index contributed by atoms with van der Waals surface area (Å²) in [7, 11) is -3.20. The van der Waals surface area contributed by atoms with Gasteiger partial charge in [-0.2, -0.15) is 0 Å². The molecule has 112 valence electrons. The number of nitrogens with one attached hydrogen (secondary N) is 1. The number of benzene rings is 2. The minimum absolute atomic E-state index is 0.255. The van der Waals surface area contributed by atoms with E-state index in [1.165, 1.54) is 17.7 Å². The molecule has 0 heterocycles. The molecule has 2 N–H and O–H groups in total. The van der Waals surface area contributed by atoms with E-state index >= 15 is 0 Å². The SMILES string of the molecule is Cc1ccc(NC[C@H](O)c2ccc(S(C)(=O)=O)cc2)cc1. The summed E-state index contributed by atoms with van der Waals surface area (Å²) < 4.78 is 22.8. The van der Waals surface area contributed by atoms with Crippen LogP contribution in [-0.2, 0) is 9.84 Å². The molecule has 0 bridgehead atoms. The summed E-state index contributed by atoms with van der Waals surface area (Å²) in [5.74, 6) is 0. The highest BCUT2D eigenvalue weighted by Crippen LogP contribution is 2.17. The zero-order valence-electron chi connectivity index (χ0n) is 12.1. The van der Waals surface area contributed by atoms with Crippen LogP contribution in [-0.4, -0.2) is 26.3 Å². The Kier molecular flexibility index (Phi) is 4.65. The van der Waals surface area contributed by atoms with E-state index in [9.17, 15) is 13.5 Å². The second-order valence-electron chi connectivity index (χ2n) is 5.10. The summed E-state index contributed by atoms with van der Waals surface area (Å²) in [6, 6.07) is 14.2. The molecule has 0 fully saturated rings. The maximum Gasteiger partial charge on any atom is 0.175 e. The molecule has 1 atom stereocenters. The van der Waals surface area contributed by atoms with Gasteiger partial charge in [-0.3, -0.25) is 0 Å². The van der Waals surface area contributed by atoms with E-state index in [-0.39, 0.29) is 4.90 Å². The zero-order chi connectivity index (χ0) is 15.5. The van der Waals surface area contributed by atoms with Crippen LogP contribution in [0.3, 0.4) is 0 Å². The molecule has 4 nitrogen and oxygen atoms in total. The highest BCUT2D eigenvalue weighted by Gasteiger charge is 2.10. The van der Waals surface area contributed by atoms with E-state index in [0.29, 0.717) is 12.1 Å². The van der Waals surface area contributed by atoms with Crippen molar-refractivity contribution in [3.8, 4) is 0 Å². The summed E-state index contributed by atoms with van der Waals surface area (Å²) in [6.45, 7) is 2.38. The van der Waals surface area contributed by atoms with Gasteiger partial charge in [0.15, 0.2) is 9.84 Å². The molecule has 0 aliphatic rings. The molecule has 21 heavy (non-hydrogen) atoms. The van der Waals surface area contributed by atoms with Gasteiger partial charge in [0.05, 0.1) is 11.0 Å². The van der Waals surface area contributed by atoms with Gasteiger partial charge in [0.25, 0.3) is 0 Å². The second kappa shape index (κ2) is 6.28. The van der Waals surface area contributed by atoms with Crippen molar-refractivity contribution in [2.75, 3.05) is 18.1 Å². The van der Waals surface area contributed by atoms with Crippen molar-refractivity contribution in [1.29, 1.82) is 0 Å². The summed E-state index contributed by atoms with van der Waals surface area (Å²) in [5, 5.41) is 13.3. The average molecular weight is 305 g/mol. The lowest BCUT2D eigenvalue weighted by Gasteiger charge is -2.13. The smallest absolute Gasteiger partial charge is 0.175 e. The van der Waals surface area contributed by atoms with Crippen molar-refractivity contribution in [3.05, 3.63) is 59.7 Å². The van der Waals surface area contributed by atoms with Crippen LogP contribution in [0.5, 0.6) is 0 Å².